The molecule has 5 heteroatoms. The minimum atomic E-state index is 0.581. The molecule has 0 fully saturated rings. The lowest BCUT2D eigenvalue weighted by molar-refractivity contribution is 0.405. The van der Waals surface area contributed by atoms with Crippen molar-refractivity contribution in [2.24, 2.45) is 0 Å². The van der Waals surface area contributed by atoms with Crippen LogP contribution in [0.5, 0.6) is 5.75 Å². The molecule has 1 aromatic carbocycles. The molecule has 0 bridgehead atoms. The van der Waals surface area contributed by atoms with Crippen LogP contribution in [0.25, 0.3) is 11.1 Å². The molecule has 1 heterocycles. The maximum atomic E-state index is 5.78. The number of ether oxygens (including phenoxy) is 1. The third kappa shape index (κ3) is 1.86. The standard InChI is InChI=1S/C11H13N3OS/c1-15-9-4-3-7(5-10(9)16-2)8-6-13-14-11(8)12/h3-6H,1-2H3,(H3,12,13,14). The second kappa shape index (κ2) is 4.49. The van der Waals surface area contributed by atoms with Gasteiger partial charge in [0.2, 0.25) is 0 Å². The van der Waals surface area contributed by atoms with E-state index in [4.69, 9.17) is 10.5 Å². The summed E-state index contributed by atoms with van der Waals surface area (Å²) in [6.45, 7) is 0. The molecule has 0 radical (unpaired) electrons. The molecular weight excluding hydrogens is 222 g/mol. The summed E-state index contributed by atoms with van der Waals surface area (Å²) >= 11 is 1.64. The van der Waals surface area contributed by atoms with Crippen molar-refractivity contribution in [1.82, 2.24) is 10.2 Å². The first-order valence-electron chi connectivity index (χ1n) is 4.77. The molecule has 4 nitrogen and oxygen atoms in total. The predicted molar refractivity (Wildman–Crippen MR) is 66.8 cm³/mol. The SMILES string of the molecule is COc1ccc(-c2cn[nH]c2N)cc1SC. The first-order chi connectivity index (χ1) is 7.76. The molecule has 16 heavy (non-hydrogen) atoms. The van der Waals surface area contributed by atoms with Gasteiger partial charge in [0.05, 0.1) is 13.3 Å². The average Bonchev–Trinajstić information content (AvgIpc) is 2.74. The second-order valence-corrected chi connectivity index (χ2v) is 4.12. The molecule has 84 valence electrons. The summed E-state index contributed by atoms with van der Waals surface area (Å²) in [5.74, 6) is 1.45. The Morgan fingerprint density at radius 1 is 1.44 bits per heavy atom. The molecular formula is C11H13N3OS. The minimum Gasteiger partial charge on any atom is -0.496 e. The molecule has 0 aliphatic rings. The van der Waals surface area contributed by atoms with E-state index in [-0.39, 0.29) is 0 Å². The highest BCUT2D eigenvalue weighted by Gasteiger charge is 2.08. The Hall–Kier alpha value is -1.62. The third-order valence-corrected chi connectivity index (χ3v) is 3.12. The van der Waals surface area contributed by atoms with Crippen LogP contribution in [0.4, 0.5) is 5.82 Å². The molecule has 0 amide bonds. The maximum Gasteiger partial charge on any atom is 0.132 e. The quantitative estimate of drug-likeness (QED) is 0.802. The van der Waals surface area contributed by atoms with Crippen LogP contribution >= 0.6 is 11.8 Å². The van der Waals surface area contributed by atoms with Gasteiger partial charge in [0.1, 0.15) is 11.6 Å². The summed E-state index contributed by atoms with van der Waals surface area (Å²) in [4.78, 5) is 1.08. The first kappa shape index (κ1) is 10.9. The number of thioether (sulfide) groups is 1. The van der Waals surface area contributed by atoms with E-state index in [0.29, 0.717) is 5.82 Å². The number of nitrogens with one attached hydrogen (secondary N) is 1. The lowest BCUT2D eigenvalue weighted by Gasteiger charge is -2.08. The molecule has 0 saturated carbocycles. The Morgan fingerprint density at radius 3 is 2.81 bits per heavy atom. The van der Waals surface area contributed by atoms with Crippen molar-refractivity contribution in [3.05, 3.63) is 24.4 Å². The predicted octanol–water partition coefficient (Wildman–Crippen LogP) is 2.39. The first-order valence-corrected chi connectivity index (χ1v) is 6.00. The topological polar surface area (TPSA) is 63.9 Å². The number of nitrogen functional groups attached to an aromatic ring is 1. The van der Waals surface area contributed by atoms with Crippen LogP contribution in [-0.2, 0) is 0 Å². The highest BCUT2D eigenvalue weighted by Crippen LogP contribution is 2.33. The average molecular weight is 235 g/mol. The van der Waals surface area contributed by atoms with Crippen LogP contribution in [0.1, 0.15) is 0 Å². The van der Waals surface area contributed by atoms with Crippen LogP contribution in [0.3, 0.4) is 0 Å². The molecule has 1 aromatic heterocycles. The van der Waals surface area contributed by atoms with Crippen molar-refractivity contribution in [2.45, 2.75) is 4.90 Å². The Bertz CT molecular complexity index is 496. The highest BCUT2D eigenvalue weighted by molar-refractivity contribution is 7.98. The number of aromatic nitrogens is 2. The van der Waals surface area contributed by atoms with Crippen LogP contribution in [0.2, 0.25) is 0 Å². The molecule has 0 spiro atoms. The number of hydrogen-bond donors (Lipinski definition) is 2. The van der Waals surface area contributed by atoms with E-state index in [9.17, 15) is 0 Å². The smallest absolute Gasteiger partial charge is 0.132 e. The molecule has 0 saturated heterocycles. The zero-order valence-corrected chi connectivity index (χ0v) is 9.97. The number of hydrogen-bond acceptors (Lipinski definition) is 4. The van der Waals surface area contributed by atoms with E-state index >= 15 is 0 Å². The lowest BCUT2D eigenvalue weighted by atomic mass is 10.1. The van der Waals surface area contributed by atoms with Gasteiger partial charge in [-0.2, -0.15) is 5.10 Å². The molecule has 0 aliphatic heterocycles. The molecule has 0 unspecified atom stereocenters. The van der Waals surface area contributed by atoms with Crippen molar-refractivity contribution in [3.8, 4) is 16.9 Å². The lowest BCUT2D eigenvalue weighted by Crippen LogP contribution is -1.89. The summed E-state index contributed by atoms with van der Waals surface area (Å²) in [7, 11) is 1.67. The Labute approximate surface area is 98.2 Å². The number of H-pyrrole nitrogens is 1. The van der Waals surface area contributed by atoms with E-state index in [1.165, 1.54) is 0 Å². The number of benzene rings is 1. The van der Waals surface area contributed by atoms with Crippen molar-refractivity contribution in [1.29, 1.82) is 0 Å². The zero-order valence-electron chi connectivity index (χ0n) is 9.15. The van der Waals surface area contributed by atoms with Gasteiger partial charge in [-0.25, -0.2) is 0 Å². The number of nitrogens with zero attached hydrogens (tertiary/aromatic N) is 1. The highest BCUT2D eigenvalue weighted by atomic mass is 32.2. The molecule has 0 atom stereocenters. The van der Waals surface area contributed by atoms with Crippen LogP contribution in [0, 0.1) is 0 Å². The van der Waals surface area contributed by atoms with Gasteiger partial charge in [-0.15, -0.1) is 11.8 Å². The number of anilines is 1. The monoisotopic (exact) mass is 235 g/mol. The van der Waals surface area contributed by atoms with E-state index < -0.39 is 0 Å². The zero-order chi connectivity index (χ0) is 11.5. The Balaban J connectivity index is 2.48. The van der Waals surface area contributed by atoms with Crippen molar-refractivity contribution in [3.63, 3.8) is 0 Å². The van der Waals surface area contributed by atoms with Crippen LogP contribution in [-0.4, -0.2) is 23.6 Å². The van der Waals surface area contributed by atoms with Gasteiger partial charge in [-0.3, -0.25) is 5.10 Å². The van der Waals surface area contributed by atoms with E-state index in [1.807, 2.05) is 24.5 Å². The molecule has 2 rings (SSSR count). The van der Waals surface area contributed by atoms with Gasteiger partial charge in [0.15, 0.2) is 0 Å². The summed E-state index contributed by atoms with van der Waals surface area (Å²) in [6, 6.07) is 5.96. The van der Waals surface area contributed by atoms with Gasteiger partial charge in [0.25, 0.3) is 0 Å². The summed E-state index contributed by atoms with van der Waals surface area (Å²) in [6.07, 6.45) is 3.74. The second-order valence-electron chi connectivity index (χ2n) is 3.27. The van der Waals surface area contributed by atoms with Gasteiger partial charge < -0.3 is 10.5 Å². The summed E-state index contributed by atoms with van der Waals surface area (Å²) in [5, 5.41) is 6.63. The molecule has 0 aliphatic carbocycles. The van der Waals surface area contributed by atoms with Crippen molar-refractivity contribution < 1.29 is 4.74 Å². The van der Waals surface area contributed by atoms with Crippen molar-refractivity contribution >= 4 is 17.6 Å². The van der Waals surface area contributed by atoms with Crippen molar-refractivity contribution in [2.75, 3.05) is 19.1 Å². The van der Waals surface area contributed by atoms with E-state index in [0.717, 1.165) is 21.8 Å². The van der Waals surface area contributed by atoms with Gasteiger partial charge in [-0.1, -0.05) is 6.07 Å². The minimum absolute atomic E-state index is 0.581. The summed E-state index contributed by atoms with van der Waals surface area (Å²) in [5.41, 5.74) is 7.73. The van der Waals surface area contributed by atoms with E-state index in [2.05, 4.69) is 10.2 Å². The van der Waals surface area contributed by atoms with E-state index in [1.54, 1.807) is 25.1 Å². The number of rotatable bonds is 3. The fraction of sp³-hybridized carbons (Fsp3) is 0.182. The molecule has 3 N–H and O–H groups in total. The molecule has 2 aromatic rings. The maximum absolute atomic E-state index is 5.78. The summed E-state index contributed by atoms with van der Waals surface area (Å²) < 4.78 is 5.26. The van der Waals surface area contributed by atoms with Gasteiger partial charge in [0, 0.05) is 10.5 Å². The fourth-order valence-corrected chi connectivity index (χ4v) is 2.13. The van der Waals surface area contributed by atoms with Crippen LogP contribution in [0.15, 0.2) is 29.3 Å². The van der Waals surface area contributed by atoms with Gasteiger partial charge >= 0.3 is 0 Å². The number of methoxy groups -OCH3 is 1. The normalized spacial score (nSPS) is 10.4. The van der Waals surface area contributed by atoms with Gasteiger partial charge in [-0.05, 0) is 24.0 Å². The van der Waals surface area contributed by atoms with Crippen LogP contribution < -0.4 is 10.5 Å². The largest absolute Gasteiger partial charge is 0.496 e. The number of aromatic amines is 1. The Morgan fingerprint density at radius 2 is 2.25 bits per heavy atom. The fourth-order valence-electron chi connectivity index (χ4n) is 1.53. The Kier molecular flexibility index (Phi) is 3.05. The third-order valence-electron chi connectivity index (χ3n) is 2.36. The number of nitrogens with two attached hydrogens (primary N) is 1.